The summed E-state index contributed by atoms with van der Waals surface area (Å²) in [6.45, 7) is 2.65. The quantitative estimate of drug-likeness (QED) is 0.768. The summed E-state index contributed by atoms with van der Waals surface area (Å²) in [7, 11) is 0. The number of fused-ring (bicyclic) bond motifs is 3. The molecule has 1 amide bonds. The van der Waals surface area contributed by atoms with Crippen molar-refractivity contribution in [3.05, 3.63) is 18.2 Å². The molecule has 20 heavy (non-hydrogen) atoms. The molecule has 4 rings (SSSR count). The lowest BCUT2D eigenvalue weighted by Crippen LogP contribution is -2.25. The van der Waals surface area contributed by atoms with Crippen LogP contribution in [-0.4, -0.2) is 36.0 Å². The standard InChI is InChI=1S/C14H14BrN3OS/c15-7-9-5-13(19)18(8-9)10-1-2-12-11(6-10)17-4-3-16-14(17)20-12/h1-2,6,9H,3-5,7-8H2. The third-order valence-electron chi connectivity index (χ3n) is 3.97. The van der Waals surface area contributed by atoms with E-state index in [0.29, 0.717) is 12.3 Å². The molecule has 104 valence electrons. The van der Waals surface area contributed by atoms with Crippen LogP contribution in [-0.2, 0) is 4.79 Å². The molecule has 4 nitrogen and oxygen atoms in total. The summed E-state index contributed by atoms with van der Waals surface area (Å²) in [6, 6.07) is 6.32. The SMILES string of the molecule is O=C1CC(CBr)CN1c1ccc2c(c1)N1CCN=C1S2. The third-order valence-corrected chi connectivity index (χ3v) is 5.98. The summed E-state index contributed by atoms with van der Waals surface area (Å²) in [5, 5.41) is 1.99. The van der Waals surface area contributed by atoms with Crippen LogP contribution < -0.4 is 9.80 Å². The predicted molar refractivity (Wildman–Crippen MR) is 86.2 cm³/mol. The number of benzene rings is 1. The fraction of sp³-hybridized carbons (Fsp3) is 0.429. The number of alkyl halides is 1. The van der Waals surface area contributed by atoms with E-state index in [4.69, 9.17) is 0 Å². The molecule has 0 radical (unpaired) electrons. The minimum absolute atomic E-state index is 0.232. The number of amidine groups is 1. The van der Waals surface area contributed by atoms with Gasteiger partial charge in [0.25, 0.3) is 0 Å². The van der Waals surface area contributed by atoms with Gasteiger partial charge in [-0.1, -0.05) is 15.9 Å². The molecule has 1 unspecified atom stereocenters. The van der Waals surface area contributed by atoms with Crippen LogP contribution in [0, 0.1) is 5.92 Å². The molecule has 1 aromatic rings. The second-order valence-corrected chi connectivity index (χ2v) is 6.96. The Hall–Kier alpha value is -1.01. The normalized spacial score (nSPS) is 24.1. The number of aliphatic imine (C=N–C) groups is 1. The molecule has 1 fully saturated rings. The molecule has 1 aromatic carbocycles. The fourth-order valence-electron chi connectivity index (χ4n) is 2.94. The van der Waals surface area contributed by atoms with Gasteiger partial charge in [0.1, 0.15) is 0 Å². The van der Waals surface area contributed by atoms with E-state index in [1.807, 2.05) is 4.90 Å². The van der Waals surface area contributed by atoms with E-state index < -0.39 is 0 Å². The van der Waals surface area contributed by atoms with Gasteiger partial charge in [-0.2, -0.15) is 0 Å². The van der Waals surface area contributed by atoms with Gasteiger partial charge < -0.3 is 9.80 Å². The minimum atomic E-state index is 0.232. The molecule has 6 heteroatoms. The van der Waals surface area contributed by atoms with Gasteiger partial charge in [0, 0.05) is 35.4 Å². The summed E-state index contributed by atoms with van der Waals surface area (Å²) in [6.07, 6.45) is 0.646. The molecule has 0 spiro atoms. The number of rotatable bonds is 2. The molecule has 0 aromatic heterocycles. The minimum Gasteiger partial charge on any atom is -0.318 e. The second-order valence-electron chi connectivity index (χ2n) is 5.30. The van der Waals surface area contributed by atoms with Crippen LogP contribution in [0.3, 0.4) is 0 Å². The van der Waals surface area contributed by atoms with Crippen LogP contribution in [0.25, 0.3) is 0 Å². The highest BCUT2D eigenvalue weighted by molar-refractivity contribution is 9.09. The average Bonchev–Trinajstić information content (AvgIpc) is 3.11. The van der Waals surface area contributed by atoms with Gasteiger partial charge in [0.15, 0.2) is 5.17 Å². The van der Waals surface area contributed by atoms with Crippen LogP contribution >= 0.6 is 27.7 Å². The molecule has 1 atom stereocenters. The van der Waals surface area contributed by atoms with Crippen molar-refractivity contribution in [2.24, 2.45) is 10.9 Å². The van der Waals surface area contributed by atoms with Crippen molar-refractivity contribution in [3.8, 4) is 0 Å². The van der Waals surface area contributed by atoms with Gasteiger partial charge in [-0.15, -0.1) is 0 Å². The van der Waals surface area contributed by atoms with Gasteiger partial charge in [0.2, 0.25) is 5.91 Å². The Labute approximate surface area is 130 Å². The molecule has 0 N–H and O–H groups in total. The first-order chi connectivity index (χ1) is 9.76. The smallest absolute Gasteiger partial charge is 0.227 e. The predicted octanol–water partition coefficient (Wildman–Crippen LogP) is 2.72. The zero-order valence-electron chi connectivity index (χ0n) is 10.9. The Morgan fingerprint density at radius 2 is 2.30 bits per heavy atom. The summed E-state index contributed by atoms with van der Waals surface area (Å²) >= 11 is 5.21. The zero-order chi connectivity index (χ0) is 13.7. The van der Waals surface area contributed by atoms with Crippen molar-refractivity contribution in [2.75, 3.05) is 34.8 Å². The highest BCUT2D eigenvalue weighted by Crippen LogP contribution is 2.44. The van der Waals surface area contributed by atoms with Crippen LogP contribution in [0.4, 0.5) is 11.4 Å². The number of hydrogen-bond donors (Lipinski definition) is 0. The Kier molecular flexibility index (Phi) is 3.03. The number of nitrogens with zero attached hydrogens (tertiary/aromatic N) is 3. The van der Waals surface area contributed by atoms with E-state index in [1.54, 1.807) is 11.8 Å². The summed E-state index contributed by atoms with van der Waals surface area (Å²) < 4.78 is 0. The van der Waals surface area contributed by atoms with Gasteiger partial charge in [-0.25, -0.2) is 0 Å². The maximum Gasteiger partial charge on any atom is 0.227 e. The van der Waals surface area contributed by atoms with Crippen molar-refractivity contribution in [2.45, 2.75) is 11.3 Å². The van der Waals surface area contributed by atoms with Crippen molar-refractivity contribution in [1.29, 1.82) is 0 Å². The van der Waals surface area contributed by atoms with Crippen LogP contribution in [0.1, 0.15) is 6.42 Å². The van der Waals surface area contributed by atoms with Crippen LogP contribution in [0.2, 0.25) is 0 Å². The van der Waals surface area contributed by atoms with Crippen molar-refractivity contribution >= 4 is 50.1 Å². The van der Waals surface area contributed by atoms with Gasteiger partial charge in [-0.05, 0) is 35.9 Å². The molecule has 0 bridgehead atoms. The monoisotopic (exact) mass is 351 g/mol. The number of carbonyl (C=O) groups excluding carboxylic acids is 1. The molecule has 3 aliphatic heterocycles. The highest BCUT2D eigenvalue weighted by Gasteiger charge is 2.33. The van der Waals surface area contributed by atoms with Gasteiger partial charge in [0.05, 0.1) is 12.2 Å². The summed E-state index contributed by atoms with van der Waals surface area (Å²) in [5.74, 6) is 0.657. The number of anilines is 2. The number of carbonyl (C=O) groups is 1. The molecule has 0 aliphatic carbocycles. The van der Waals surface area contributed by atoms with Gasteiger partial charge >= 0.3 is 0 Å². The van der Waals surface area contributed by atoms with E-state index in [-0.39, 0.29) is 5.91 Å². The number of hydrogen-bond acceptors (Lipinski definition) is 4. The van der Waals surface area contributed by atoms with E-state index >= 15 is 0 Å². The van der Waals surface area contributed by atoms with Crippen molar-refractivity contribution in [3.63, 3.8) is 0 Å². The van der Waals surface area contributed by atoms with Gasteiger partial charge in [-0.3, -0.25) is 9.79 Å². The largest absolute Gasteiger partial charge is 0.318 e. The molecule has 3 heterocycles. The summed E-state index contributed by atoms with van der Waals surface area (Å²) in [4.78, 5) is 22.1. The number of halogens is 1. The summed E-state index contributed by atoms with van der Waals surface area (Å²) in [5.41, 5.74) is 2.23. The van der Waals surface area contributed by atoms with E-state index in [1.165, 1.54) is 10.6 Å². The number of amides is 1. The van der Waals surface area contributed by atoms with Crippen LogP contribution in [0.15, 0.2) is 28.1 Å². The first-order valence-corrected chi connectivity index (χ1v) is 8.70. The topological polar surface area (TPSA) is 35.9 Å². The maximum absolute atomic E-state index is 12.1. The zero-order valence-corrected chi connectivity index (χ0v) is 13.3. The maximum atomic E-state index is 12.1. The Balaban J connectivity index is 1.67. The first kappa shape index (κ1) is 12.7. The molecular formula is C14H14BrN3OS. The van der Waals surface area contributed by atoms with Crippen molar-refractivity contribution < 1.29 is 4.79 Å². The Morgan fingerprint density at radius 1 is 1.40 bits per heavy atom. The Morgan fingerprint density at radius 3 is 3.10 bits per heavy atom. The van der Waals surface area contributed by atoms with E-state index in [0.717, 1.165) is 35.8 Å². The lowest BCUT2D eigenvalue weighted by Gasteiger charge is -2.19. The van der Waals surface area contributed by atoms with Crippen LogP contribution in [0.5, 0.6) is 0 Å². The van der Waals surface area contributed by atoms with E-state index in [2.05, 4.69) is 44.0 Å². The highest BCUT2D eigenvalue weighted by atomic mass is 79.9. The lowest BCUT2D eigenvalue weighted by atomic mass is 10.2. The first-order valence-electron chi connectivity index (χ1n) is 6.76. The van der Waals surface area contributed by atoms with Crippen molar-refractivity contribution in [1.82, 2.24) is 0 Å². The molecule has 0 saturated carbocycles. The molecule has 3 aliphatic rings. The molecular weight excluding hydrogens is 338 g/mol. The average molecular weight is 352 g/mol. The van der Waals surface area contributed by atoms with E-state index in [9.17, 15) is 4.79 Å². The second kappa shape index (κ2) is 4.77. The fourth-order valence-corrected chi connectivity index (χ4v) is 4.44. The Bertz CT molecular complexity index is 618. The lowest BCUT2D eigenvalue weighted by molar-refractivity contribution is -0.117. The molecule has 1 saturated heterocycles. The number of thioether (sulfide) groups is 1. The third kappa shape index (κ3) is 1.89.